The minimum Gasteiger partial charge on any atom is -0.489 e. The van der Waals surface area contributed by atoms with Gasteiger partial charge in [-0.25, -0.2) is 9.50 Å². The number of hydrogen-bond donors (Lipinski definition) is 1. The maximum Gasteiger partial charge on any atom is 0.229 e. The van der Waals surface area contributed by atoms with Crippen molar-refractivity contribution < 1.29 is 4.74 Å². The maximum absolute atomic E-state index is 6.00. The fourth-order valence-corrected chi connectivity index (χ4v) is 4.03. The number of para-hydroxylation sites is 1. The van der Waals surface area contributed by atoms with Crippen LogP contribution < -0.4 is 10.1 Å². The molecule has 0 fully saturated rings. The molecule has 0 amide bonds. The molecule has 5 nitrogen and oxygen atoms in total. The summed E-state index contributed by atoms with van der Waals surface area (Å²) in [6.07, 6.45) is 1.79. The molecule has 4 aromatic carbocycles. The van der Waals surface area contributed by atoms with Crippen LogP contribution in [0, 0.1) is 0 Å². The van der Waals surface area contributed by atoms with E-state index < -0.39 is 0 Å². The average Bonchev–Trinajstić information content (AvgIpc) is 3.37. The SMILES string of the molecule is c1ccc(COc2ccc3cc(-c4cc5ccnn5c(Nc5ccccc5)n4)ccc3c2)cc1. The molecule has 6 rings (SSSR count). The Hall–Kier alpha value is -4.64. The van der Waals surface area contributed by atoms with Crippen molar-refractivity contribution in [3.63, 3.8) is 0 Å². The van der Waals surface area contributed by atoms with Crippen molar-refractivity contribution in [3.8, 4) is 17.0 Å². The van der Waals surface area contributed by atoms with E-state index in [2.05, 4.69) is 58.9 Å². The van der Waals surface area contributed by atoms with E-state index in [4.69, 9.17) is 9.72 Å². The molecular weight excluding hydrogens is 420 g/mol. The molecule has 0 saturated heterocycles. The van der Waals surface area contributed by atoms with Gasteiger partial charge in [-0.3, -0.25) is 0 Å². The molecule has 0 saturated carbocycles. The van der Waals surface area contributed by atoms with Crippen molar-refractivity contribution in [3.05, 3.63) is 121 Å². The van der Waals surface area contributed by atoms with Crippen LogP contribution in [0.15, 0.2) is 115 Å². The number of aromatic nitrogens is 3. The van der Waals surface area contributed by atoms with Crippen LogP contribution in [0.5, 0.6) is 5.75 Å². The molecule has 6 aromatic rings. The molecule has 0 spiro atoms. The summed E-state index contributed by atoms with van der Waals surface area (Å²) in [4.78, 5) is 4.89. The number of anilines is 2. The third-order valence-corrected chi connectivity index (χ3v) is 5.77. The van der Waals surface area contributed by atoms with Crippen LogP contribution in [0.25, 0.3) is 27.5 Å². The van der Waals surface area contributed by atoms with Crippen molar-refractivity contribution in [2.75, 3.05) is 5.32 Å². The van der Waals surface area contributed by atoms with E-state index in [1.807, 2.05) is 65.2 Å². The van der Waals surface area contributed by atoms with Gasteiger partial charge in [-0.1, -0.05) is 66.7 Å². The summed E-state index contributed by atoms with van der Waals surface area (Å²) in [5.41, 5.74) is 5.03. The van der Waals surface area contributed by atoms with Crippen molar-refractivity contribution in [2.45, 2.75) is 6.61 Å². The van der Waals surface area contributed by atoms with Gasteiger partial charge in [-0.05, 0) is 58.8 Å². The normalized spacial score (nSPS) is 11.1. The summed E-state index contributed by atoms with van der Waals surface area (Å²) in [5.74, 6) is 1.53. The van der Waals surface area contributed by atoms with Gasteiger partial charge >= 0.3 is 0 Å². The van der Waals surface area contributed by atoms with Gasteiger partial charge in [-0.2, -0.15) is 5.10 Å². The Balaban J connectivity index is 1.31. The topological polar surface area (TPSA) is 51.5 Å². The van der Waals surface area contributed by atoms with Gasteiger partial charge in [0.05, 0.1) is 17.4 Å². The first-order chi connectivity index (χ1) is 16.8. The smallest absolute Gasteiger partial charge is 0.229 e. The third-order valence-electron chi connectivity index (χ3n) is 5.77. The Morgan fingerprint density at radius 3 is 2.35 bits per heavy atom. The Labute approximate surface area is 197 Å². The molecule has 2 heterocycles. The van der Waals surface area contributed by atoms with E-state index in [-0.39, 0.29) is 0 Å². The lowest BCUT2D eigenvalue weighted by Gasteiger charge is -2.11. The molecule has 0 unspecified atom stereocenters. The molecule has 0 aliphatic heterocycles. The highest BCUT2D eigenvalue weighted by Gasteiger charge is 2.10. The zero-order valence-electron chi connectivity index (χ0n) is 18.4. The van der Waals surface area contributed by atoms with E-state index in [1.165, 1.54) is 0 Å². The standard InChI is InChI=1S/C29H22N4O/c1-3-7-21(8-4-1)20-34-27-14-13-22-17-24(12-11-23(22)18-27)28-19-26-15-16-30-33(26)29(32-28)31-25-9-5-2-6-10-25/h1-19H,20H2,(H,31,32). The lowest BCUT2D eigenvalue weighted by molar-refractivity contribution is 0.306. The van der Waals surface area contributed by atoms with Crippen molar-refractivity contribution in [2.24, 2.45) is 0 Å². The molecule has 164 valence electrons. The summed E-state index contributed by atoms with van der Waals surface area (Å²) in [7, 11) is 0. The zero-order valence-corrected chi connectivity index (χ0v) is 18.4. The minimum absolute atomic E-state index is 0.552. The first-order valence-corrected chi connectivity index (χ1v) is 11.2. The first kappa shape index (κ1) is 20.0. The van der Waals surface area contributed by atoms with E-state index >= 15 is 0 Å². The monoisotopic (exact) mass is 442 g/mol. The minimum atomic E-state index is 0.552. The highest BCUT2D eigenvalue weighted by molar-refractivity contribution is 5.88. The molecule has 0 aliphatic carbocycles. The molecule has 0 radical (unpaired) electrons. The molecule has 0 aliphatic rings. The quantitative estimate of drug-likeness (QED) is 0.306. The van der Waals surface area contributed by atoms with Crippen LogP contribution >= 0.6 is 0 Å². The maximum atomic E-state index is 6.00. The molecule has 5 heteroatoms. The van der Waals surface area contributed by atoms with Gasteiger partial charge in [0, 0.05) is 11.3 Å². The Bertz CT molecular complexity index is 1580. The number of hydrogen-bond acceptors (Lipinski definition) is 4. The van der Waals surface area contributed by atoms with Crippen LogP contribution in [-0.4, -0.2) is 14.6 Å². The number of ether oxygens (including phenoxy) is 1. The summed E-state index contributed by atoms with van der Waals surface area (Å²) >= 11 is 0. The van der Waals surface area contributed by atoms with Crippen LogP contribution in [0.3, 0.4) is 0 Å². The number of nitrogens with one attached hydrogen (secondary N) is 1. The Morgan fingerprint density at radius 2 is 1.50 bits per heavy atom. The Kier molecular flexibility index (Phi) is 5.13. The molecule has 0 atom stereocenters. The highest BCUT2D eigenvalue weighted by atomic mass is 16.5. The van der Waals surface area contributed by atoms with E-state index in [1.54, 1.807) is 6.20 Å². The number of rotatable bonds is 6. The predicted octanol–water partition coefficient (Wildman–Crippen LogP) is 6.87. The van der Waals surface area contributed by atoms with Gasteiger partial charge in [0.25, 0.3) is 0 Å². The predicted molar refractivity (Wildman–Crippen MR) is 136 cm³/mol. The molecule has 1 N–H and O–H groups in total. The fraction of sp³-hybridized carbons (Fsp3) is 0.0345. The third kappa shape index (κ3) is 4.07. The number of fused-ring (bicyclic) bond motifs is 2. The summed E-state index contributed by atoms with van der Waals surface area (Å²) in [5, 5.41) is 10.1. The highest BCUT2D eigenvalue weighted by Crippen LogP contribution is 2.29. The van der Waals surface area contributed by atoms with E-state index in [9.17, 15) is 0 Å². The summed E-state index contributed by atoms with van der Waals surface area (Å²) in [6, 6.07) is 36.8. The lowest BCUT2D eigenvalue weighted by atomic mass is 10.0. The Morgan fingerprint density at radius 1 is 0.735 bits per heavy atom. The van der Waals surface area contributed by atoms with Gasteiger partial charge in [0.1, 0.15) is 12.4 Å². The number of benzene rings is 4. The van der Waals surface area contributed by atoms with E-state index in [0.717, 1.165) is 44.5 Å². The lowest BCUT2D eigenvalue weighted by Crippen LogP contribution is -2.03. The van der Waals surface area contributed by atoms with Gasteiger partial charge in [0.2, 0.25) is 5.95 Å². The molecule has 2 aromatic heterocycles. The van der Waals surface area contributed by atoms with Gasteiger partial charge < -0.3 is 10.1 Å². The van der Waals surface area contributed by atoms with Crippen LogP contribution in [0.1, 0.15) is 5.56 Å². The summed E-state index contributed by atoms with van der Waals surface area (Å²) in [6.45, 7) is 0.552. The fourth-order valence-electron chi connectivity index (χ4n) is 4.03. The second-order valence-electron chi connectivity index (χ2n) is 8.12. The first-order valence-electron chi connectivity index (χ1n) is 11.2. The van der Waals surface area contributed by atoms with Gasteiger partial charge in [-0.15, -0.1) is 0 Å². The largest absolute Gasteiger partial charge is 0.489 e. The second-order valence-corrected chi connectivity index (χ2v) is 8.12. The van der Waals surface area contributed by atoms with Gasteiger partial charge in [0.15, 0.2) is 0 Å². The van der Waals surface area contributed by atoms with Crippen molar-refractivity contribution in [1.29, 1.82) is 0 Å². The second kappa shape index (κ2) is 8.71. The van der Waals surface area contributed by atoms with E-state index in [0.29, 0.717) is 12.6 Å². The van der Waals surface area contributed by atoms with Crippen LogP contribution in [0.4, 0.5) is 11.6 Å². The summed E-state index contributed by atoms with van der Waals surface area (Å²) < 4.78 is 7.81. The van der Waals surface area contributed by atoms with Crippen molar-refractivity contribution in [1.82, 2.24) is 14.6 Å². The van der Waals surface area contributed by atoms with Crippen LogP contribution in [-0.2, 0) is 6.61 Å². The molecule has 0 bridgehead atoms. The number of nitrogens with zero attached hydrogens (tertiary/aromatic N) is 3. The molecular formula is C29H22N4O. The van der Waals surface area contributed by atoms with Crippen LogP contribution in [0.2, 0.25) is 0 Å². The molecule has 34 heavy (non-hydrogen) atoms. The van der Waals surface area contributed by atoms with Crippen molar-refractivity contribution >= 4 is 27.9 Å². The average molecular weight is 443 g/mol. The zero-order chi connectivity index (χ0) is 22.7.